The number of carbonyl (C=O) groups is 1. The first kappa shape index (κ1) is 22.0. The third kappa shape index (κ3) is 4.54. The van der Waals surface area contributed by atoms with Crippen LogP contribution >= 0.6 is 11.6 Å². The number of nitriles is 1. The molecule has 1 aliphatic carbocycles. The van der Waals surface area contributed by atoms with E-state index in [0.717, 1.165) is 12.8 Å². The quantitative estimate of drug-likeness (QED) is 0.717. The number of nitrogens with one attached hydrogen (secondary N) is 1. The highest BCUT2D eigenvalue weighted by Gasteiger charge is 2.54. The number of halogens is 2. The van der Waals surface area contributed by atoms with Crippen molar-refractivity contribution in [1.29, 1.82) is 5.26 Å². The number of hydroxylamine groups is 2. The van der Waals surface area contributed by atoms with E-state index in [0.29, 0.717) is 30.9 Å². The Hall–Kier alpha value is -3.16. The predicted molar refractivity (Wildman–Crippen MR) is 114 cm³/mol. The third-order valence-electron chi connectivity index (χ3n) is 5.31. The van der Waals surface area contributed by atoms with Crippen LogP contribution in [-0.4, -0.2) is 57.3 Å². The average molecular weight is 461 g/mol. The first-order valence-corrected chi connectivity index (χ1v) is 10.6. The van der Waals surface area contributed by atoms with Crippen LogP contribution in [0.1, 0.15) is 32.3 Å². The summed E-state index contributed by atoms with van der Waals surface area (Å²) in [6.45, 7) is 4.83. The van der Waals surface area contributed by atoms with Crippen molar-refractivity contribution in [3.63, 3.8) is 0 Å². The number of nitrogens with zero attached hydrogens (tertiary/aromatic N) is 5. The third-order valence-corrected chi connectivity index (χ3v) is 5.63. The summed E-state index contributed by atoms with van der Waals surface area (Å²) in [6, 6.07) is 6.59. The van der Waals surface area contributed by atoms with Gasteiger partial charge in [-0.1, -0.05) is 11.6 Å². The second-order valence-electron chi connectivity index (χ2n) is 8.04. The van der Waals surface area contributed by atoms with E-state index >= 15 is 4.39 Å². The lowest BCUT2D eigenvalue weighted by atomic mass is 10.2. The number of anilines is 2. The fraction of sp³-hybridized carbons (Fsp3) is 0.429. The van der Waals surface area contributed by atoms with Gasteiger partial charge in [0.25, 0.3) is 5.88 Å². The Morgan fingerprint density at radius 1 is 1.34 bits per heavy atom. The summed E-state index contributed by atoms with van der Waals surface area (Å²) in [6.07, 6.45) is 2.27. The molecule has 32 heavy (non-hydrogen) atoms. The maximum atomic E-state index is 15.1. The lowest BCUT2D eigenvalue weighted by molar-refractivity contribution is -0.142. The highest BCUT2D eigenvalue weighted by atomic mass is 35.5. The highest BCUT2D eigenvalue weighted by Crippen LogP contribution is 2.45. The molecule has 9 nitrogen and oxygen atoms in total. The molecule has 0 bridgehead atoms. The van der Waals surface area contributed by atoms with Gasteiger partial charge in [0.2, 0.25) is 5.82 Å². The first-order chi connectivity index (χ1) is 15.3. The minimum atomic E-state index is -0.773. The first-order valence-electron chi connectivity index (χ1n) is 10.2. The molecule has 1 saturated carbocycles. The number of hydrogen-bond acceptors (Lipinski definition) is 8. The van der Waals surface area contributed by atoms with Gasteiger partial charge in [-0.3, -0.25) is 0 Å². The lowest BCUT2D eigenvalue weighted by Gasteiger charge is -2.40. The number of ether oxygens (including phenoxy) is 1. The maximum absolute atomic E-state index is 15.1. The van der Waals surface area contributed by atoms with Crippen LogP contribution in [0.3, 0.4) is 0 Å². The number of amides is 1. The van der Waals surface area contributed by atoms with Gasteiger partial charge in [0, 0.05) is 13.1 Å². The summed E-state index contributed by atoms with van der Waals surface area (Å²) in [5, 5.41) is 13.7. The molecule has 2 fully saturated rings. The van der Waals surface area contributed by atoms with Crippen molar-refractivity contribution in [3.05, 3.63) is 40.9 Å². The minimum absolute atomic E-state index is 0.106. The van der Waals surface area contributed by atoms with Gasteiger partial charge in [0.05, 0.1) is 40.5 Å². The summed E-state index contributed by atoms with van der Waals surface area (Å²) in [5.41, 5.74) is 0.402. The van der Waals surface area contributed by atoms with Gasteiger partial charge in [-0.15, -0.1) is 5.06 Å². The van der Waals surface area contributed by atoms with Crippen molar-refractivity contribution < 1.29 is 18.8 Å². The molecule has 1 aromatic carbocycles. The Morgan fingerprint density at radius 2 is 2.12 bits per heavy atom. The highest BCUT2D eigenvalue weighted by molar-refractivity contribution is 6.33. The van der Waals surface area contributed by atoms with Crippen molar-refractivity contribution in [2.24, 2.45) is 0 Å². The van der Waals surface area contributed by atoms with Crippen molar-refractivity contribution in [2.75, 3.05) is 25.0 Å². The Morgan fingerprint density at radius 3 is 2.78 bits per heavy atom. The second-order valence-corrected chi connectivity index (χ2v) is 8.45. The Labute approximate surface area is 189 Å². The summed E-state index contributed by atoms with van der Waals surface area (Å²) >= 11 is 6.16. The van der Waals surface area contributed by atoms with Crippen LogP contribution < -0.4 is 10.2 Å². The molecule has 1 spiro atoms. The van der Waals surface area contributed by atoms with Crippen LogP contribution in [0.15, 0.2) is 24.5 Å². The largest absolute Gasteiger partial charge is 0.447 e. The van der Waals surface area contributed by atoms with Crippen molar-refractivity contribution in [2.45, 2.75) is 38.3 Å². The van der Waals surface area contributed by atoms with Crippen LogP contribution in [-0.2, 0) is 4.74 Å². The number of rotatable bonds is 5. The van der Waals surface area contributed by atoms with E-state index in [1.165, 1.54) is 12.4 Å². The zero-order chi connectivity index (χ0) is 22.9. The fourth-order valence-corrected chi connectivity index (χ4v) is 3.74. The van der Waals surface area contributed by atoms with Gasteiger partial charge in [-0.25, -0.2) is 9.78 Å². The molecule has 1 aromatic heterocycles. The SMILES string of the molecule is CC(C)OC(=O)N1CCN(Oc2ncnc(Nc3ccc(C#N)cc3Cl)c2F)C2(CC2)C1. The zero-order valence-corrected chi connectivity index (χ0v) is 18.4. The molecule has 1 N–H and O–H groups in total. The Kier molecular flexibility index (Phi) is 6.04. The number of carbonyl (C=O) groups excluding carboxylic acids is 1. The van der Waals surface area contributed by atoms with Crippen LogP contribution in [0.2, 0.25) is 5.02 Å². The molecule has 1 amide bonds. The van der Waals surface area contributed by atoms with E-state index in [4.69, 9.17) is 26.4 Å². The van der Waals surface area contributed by atoms with E-state index in [9.17, 15) is 4.79 Å². The second kappa shape index (κ2) is 8.76. The summed E-state index contributed by atoms with van der Waals surface area (Å²) in [7, 11) is 0. The van der Waals surface area contributed by atoms with Gasteiger partial charge < -0.3 is 19.8 Å². The molecule has 4 rings (SSSR count). The monoisotopic (exact) mass is 460 g/mol. The van der Waals surface area contributed by atoms with E-state index in [1.807, 2.05) is 6.07 Å². The van der Waals surface area contributed by atoms with Crippen LogP contribution in [0.5, 0.6) is 5.88 Å². The van der Waals surface area contributed by atoms with Crippen LogP contribution in [0.4, 0.5) is 20.7 Å². The Balaban J connectivity index is 1.47. The van der Waals surface area contributed by atoms with Gasteiger partial charge in [-0.2, -0.15) is 14.6 Å². The van der Waals surface area contributed by atoms with E-state index in [1.54, 1.807) is 35.9 Å². The molecule has 2 aliphatic rings. The van der Waals surface area contributed by atoms with Gasteiger partial charge in [-0.05, 0) is 44.9 Å². The molecule has 0 unspecified atom stereocenters. The molecular formula is C21H22ClFN6O3. The zero-order valence-electron chi connectivity index (χ0n) is 17.6. The van der Waals surface area contributed by atoms with E-state index < -0.39 is 5.82 Å². The summed E-state index contributed by atoms with van der Waals surface area (Å²) in [5.74, 6) is -1.10. The number of hydrogen-bond donors (Lipinski definition) is 1. The van der Waals surface area contributed by atoms with E-state index in [-0.39, 0.29) is 34.5 Å². The Bertz CT molecular complexity index is 1070. The molecule has 0 radical (unpaired) electrons. The molecule has 1 aliphatic heterocycles. The van der Waals surface area contributed by atoms with E-state index in [2.05, 4.69) is 15.3 Å². The molecule has 1 saturated heterocycles. The lowest BCUT2D eigenvalue weighted by Crippen LogP contribution is -2.57. The normalized spacial score (nSPS) is 17.2. The molecule has 168 valence electrons. The molecule has 11 heteroatoms. The van der Waals surface area contributed by atoms with Crippen LogP contribution in [0.25, 0.3) is 0 Å². The summed E-state index contributed by atoms with van der Waals surface area (Å²) < 4.78 is 20.4. The van der Waals surface area contributed by atoms with Gasteiger partial charge in [0.1, 0.15) is 6.33 Å². The molecular weight excluding hydrogens is 439 g/mol. The maximum Gasteiger partial charge on any atom is 0.410 e. The molecule has 0 atom stereocenters. The smallest absolute Gasteiger partial charge is 0.410 e. The van der Waals surface area contributed by atoms with Crippen LogP contribution in [0, 0.1) is 17.1 Å². The number of piperazine rings is 1. The van der Waals surface area contributed by atoms with Gasteiger partial charge >= 0.3 is 6.09 Å². The van der Waals surface area contributed by atoms with Gasteiger partial charge in [0.15, 0.2) is 5.82 Å². The predicted octanol–water partition coefficient (Wildman–Crippen LogP) is 3.87. The molecule has 2 aromatic rings. The fourth-order valence-electron chi connectivity index (χ4n) is 3.51. The van der Waals surface area contributed by atoms with Crippen molar-refractivity contribution >= 4 is 29.2 Å². The number of benzene rings is 1. The minimum Gasteiger partial charge on any atom is -0.447 e. The van der Waals surface area contributed by atoms with Crippen molar-refractivity contribution in [3.8, 4) is 11.9 Å². The standard InChI is InChI=1S/C21H22ClFN6O3/c1-13(2)31-20(30)28-7-8-29(21(11-28)5-6-21)32-19-17(23)18(25-12-26-19)27-16-4-3-14(10-24)9-15(16)22/h3-4,9,12-13H,5-8,11H2,1-2H3,(H,25,26,27). The number of aromatic nitrogens is 2. The van der Waals surface area contributed by atoms with Crippen molar-refractivity contribution in [1.82, 2.24) is 19.9 Å². The topological polar surface area (TPSA) is 104 Å². The average Bonchev–Trinajstić information content (AvgIpc) is 3.52. The summed E-state index contributed by atoms with van der Waals surface area (Å²) in [4.78, 5) is 27.6. The molecule has 2 heterocycles.